The van der Waals surface area contributed by atoms with E-state index in [-0.39, 0.29) is 23.3 Å². The zero-order valence-corrected chi connectivity index (χ0v) is 16.7. The second-order valence-electron chi connectivity index (χ2n) is 7.34. The lowest BCUT2D eigenvalue weighted by atomic mass is 9.97. The van der Waals surface area contributed by atoms with Crippen molar-refractivity contribution in [3.8, 4) is 11.8 Å². The van der Waals surface area contributed by atoms with Crippen molar-refractivity contribution in [3.63, 3.8) is 0 Å². The first kappa shape index (κ1) is 20.2. The van der Waals surface area contributed by atoms with Crippen LogP contribution in [0.1, 0.15) is 36.0 Å². The number of nitrogens with zero attached hydrogens (tertiary/aromatic N) is 2. The molecule has 1 aliphatic heterocycles. The molecule has 0 radical (unpaired) electrons. The van der Waals surface area contributed by atoms with E-state index in [2.05, 4.69) is 5.32 Å². The van der Waals surface area contributed by atoms with Crippen molar-refractivity contribution in [1.29, 1.82) is 5.26 Å². The molecule has 3 rings (SSSR count). The van der Waals surface area contributed by atoms with Gasteiger partial charge in [0.25, 0.3) is 11.8 Å². The third-order valence-corrected chi connectivity index (χ3v) is 5.37. The van der Waals surface area contributed by atoms with Gasteiger partial charge in [-0.2, -0.15) is 5.26 Å². The number of nitrogens with one attached hydrogen (secondary N) is 1. The molecule has 1 aromatic carbocycles. The van der Waals surface area contributed by atoms with E-state index >= 15 is 0 Å². The van der Waals surface area contributed by atoms with Gasteiger partial charge < -0.3 is 15.0 Å². The molecule has 1 N–H and O–H groups in total. The van der Waals surface area contributed by atoms with Crippen molar-refractivity contribution in [3.05, 3.63) is 40.4 Å². The first-order valence-corrected chi connectivity index (χ1v) is 9.92. The Labute approximate surface area is 170 Å². The van der Waals surface area contributed by atoms with Gasteiger partial charge in [0.15, 0.2) is 0 Å². The summed E-state index contributed by atoms with van der Waals surface area (Å²) < 4.78 is 5.29. The predicted octanol–water partition coefficient (Wildman–Crippen LogP) is 3.18. The number of ether oxygens (including phenoxy) is 1. The minimum Gasteiger partial charge on any atom is -0.496 e. The van der Waals surface area contributed by atoms with Gasteiger partial charge in [0.05, 0.1) is 12.7 Å². The van der Waals surface area contributed by atoms with Crippen LogP contribution >= 0.6 is 11.6 Å². The van der Waals surface area contributed by atoms with Gasteiger partial charge in [0.2, 0.25) is 0 Å². The summed E-state index contributed by atoms with van der Waals surface area (Å²) in [5, 5.41) is 12.5. The van der Waals surface area contributed by atoms with E-state index in [0.717, 1.165) is 25.7 Å². The number of nitriles is 1. The highest BCUT2D eigenvalue weighted by Gasteiger charge is 2.27. The molecule has 28 heavy (non-hydrogen) atoms. The first-order chi connectivity index (χ1) is 13.5. The summed E-state index contributed by atoms with van der Waals surface area (Å²) in [5.41, 5.74) is 0.633. The fourth-order valence-corrected chi connectivity index (χ4v) is 3.60. The van der Waals surface area contributed by atoms with Crippen LogP contribution in [-0.4, -0.2) is 43.5 Å². The Morgan fingerprint density at radius 1 is 1.39 bits per heavy atom. The monoisotopic (exact) mass is 401 g/mol. The minimum atomic E-state index is -0.325. The Hall–Kier alpha value is -2.52. The van der Waals surface area contributed by atoms with Crippen molar-refractivity contribution >= 4 is 23.4 Å². The summed E-state index contributed by atoms with van der Waals surface area (Å²) in [6.45, 7) is 1.64. The molecule has 1 saturated heterocycles. The molecule has 1 aromatic rings. The van der Waals surface area contributed by atoms with Crippen molar-refractivity contribution in [2.24, 2.45) is 11.8 Å². The Morgan fingerprint density at radius 2 is 2.18 bits per heavy atom. The zero-order chi connectivity index (χ0) is 20.1. The smallest absolute Gasteiger partial charge is 0.261 e. The summed E-state index contributed by atoms with van der Waals surface area (Å²) in [7, 11) is 1.52. The molecule has 7 heteroatoms. The van der Waals surface area contributed by atoms with Crippen LogP contribution in [0.2, 0.25) is 5.02 Å². The van der Waals surface area contributed by atoms with Gasteiger partial charge in [-0.15, -0.1) is 0 Å². The van der Waals surface area contributed by atoms with E-state index < -0.39 is 0 Å². The van der Waals surface area contributed by atoms with E-state index in [1.54, 1.807) is 29.2 Å². The van der Waals surface area contributed by atoms with Crippen LogP contribution in [0.3, 0.4) is 0 Å². The maximum Gasteiger partial charge on any atom is 0.261 e. The fourth-order valence-electron chi connectivity index (χ4n) is 3.43. The highest BCUT2D eigenvalue weighted by Crippen LogP contribution is 2.31. The zero-order valence-electron chi connectivity index (χ0n) is 15.9. The number of rotatable bonds is 6. The Bertz CT molecular complexity index is 827. The van der Waals surface area contributed by atoms with E-state index in [9.17, 15) is 9.59 Å². The lowest BCUT2D eigenvalue weighted by Crippen LogP contribution is -2.44. The molecule has 2 fully saturated rings. The molecule has 0 aromatic heterocycles. The summed E-state index contributed by atoms with van der Waals surface area (Å²) in [6, 6.07) is 6.98. The van der Waals surface area contributed by atoms with Gasteiger partial charge in [-0.3, -0.25) is 9.59 Å². The van der Waals surface area contributed by atoms with E-state index in [4.69, 9.17) is 21.6 Å². The molecule has 2 amide bonds. The first-order valence-electron chi connectivity index (χ1n) is 9.54. The maximum atomic E-state index is 12.9. The molecule has 1 unspecified atom stereocenters. The third-order valence-electron chi connectivity index (χ3n) is 5.14. The fraction of sp³-hybridized carbons (Fsp3) is 0.476. The number of methoxy groups -OCH3 is 1. The summed E-state index contributed by atoms with van der Waals surface area (Å²) in [4.78, 5) is 26.9. The summed E-state index contributed by atoms with van der Waals surface area (Å²) >= 11 is 6.05. The average Bonchev–Trinajstić information content (AvgIpc) is 3.54. The van der Waals surface area contributed by atoms with E-state index in [1.807, 2.05) is 6.07 Å². The maximum absolute atomic E-state index is 12.9. The van der Waals surface area contributed by atoms with Crippen LogP contribution < -0.4 is 10.1 Å². The van der Waals surface area contributed by atoms with Gasteiger partial charge in [-0.05, 0) is 55.7 Å². The normalized spacial score (nSPS) is 19.7. The SMILES string of the molecule is COc1ccc(Cl)cc1C(=O)N1CCCC(CNC(=O)/C(C#N)=C/C2CC2)C1. The number of amides is 2. The highest BCUT2D eigenvalue weighted by atomic mass is 35.5. The molecular weight excluding hydrogens is 378 g/mol. The third kappa shape index (κ3) is 5.05. The number of carbonyl (C=O) groups excluding carboxylic acids is 2. The molecule has 1 atom stereocenters. The van der Waals surface area contributed by atoms with Crippen molar-refractivity contribution in [1.82, 2.24) is 10.2 Å². The van der Waals surface area contributed by atoms with Crippen LogP contribution in [0.25, 0.3) is 0 Å². The molecule has 1 aliphatic carbocycles. The van der Waals surface area contributed by atoms with Gasteiger partial charge in [-0.1, -0.05) is 17.7 Å². The van der Waals surface area contributed by atoms with Crippen LogP contribution in [0.15, 0.2) is 29.8 Å². The van der Waals surface area contributed by atoms with Crippen LogP contribution in [0, 0.1) is 23.2 Å². The second kappa shape index (κ2) is 9.11. The minimum absolute atomic E-state index is 0.123. The molecule has 1 heterocycles. The average molecular weight is 402 g/mol. The summed E-state index contributed by atoms with van der Waals surface area (Å²) in [5.74, 6) is 0.563. The lowest BCUT2D eigenvalue weighted by Gasteiger charge is -2.33. The molecular formula is C21H24ClN3O3. The number of benzene rings is 1. The molecule has 6 nitrogen and oxygen atoms in total. The van der Waals surface area contributed by atoms with Crippen molar-refractivity contribution in [2.75, 3.05) is 26.7 Å². The number of carbonyl (C=O) groups is 2. The topological polar surface area (TPSA) is 82.4 Å². The van der Waals surface area contributed by atoms with Crippen molar-refractivity contribution in [2.45, 2.75) is 25.7 Å². The Morgan fingerprint density at radius 3 is 2.86 bits per heavy atom. The van der Waals surface area contributed by atoms with Crippen LogP contribution in [-0.2, 0) is 4.79 Å². The standard InChI is InChI=1S/C21H24ClN3O3/c1-28-19-7-6-17(22)10-18(19)21(27)25-8-2-3-15(13-25)12-24-20(26)16(11-23)9-14-4-5-14/h6-7,9-10,14-15H,2-5,8,12-13H2,1H3,(H,24,26)/b16-9+. The molecule has 2 aliphatic rings. The molecule has 148 valence electrons. The number of hydrogen-bond donors (Lipinski definition) is 1. The number of likely N-dealkylation sites (tertiary alicyclic amines) is 1. The Kier molecular flexibility index (Phi) is 6.58. The molecule has 0 spiro atoms. The van der Waals surface area contributed by atoms with E-state index in [1.165, 1.54) is 7.11 Å². The molecule has 1 saturated carbocycles. The Balaban J connectivity index is 1.59. The van der Waals surface area contributed by atoms with Gasteiger partial charge in [0, 0.05) is 24.7 Å². The number of allylic oxidation sites excluding steroid dienone is 1. The molecule has 0 bridgehead atoms. The second-order valence-corrected chi connectivity index (χ2v) is 7.78. The number of halogens is 1. The number of piperidine rings is 1. The largest absolute Gasteiger partial charge is 0.496 e. The lowest BCUT2D eigenvalue weighted by molar-refractivity contribution is -0.117. The number of hydrogen-bond acceptors (Lipinski definition) is 4. The summed E-state index contributed by atoms with van der Waals surface area (Å²) in [6.07, 6.45) is 5.64. The van der Waals surface area contributed by atoms with Gasteiger partial charge in [-0.25, -0.2) is 0 Å². The van der Waals surface area contributed by atoms with Gasteiger partial charge >= 0.3 is 0 Å². The van der Waals surface area contributed by atoms with E-state index in [0.29, 0.717) is 41.9 Å². The van der Waals surface area contributed by atoms with Crippen LogP contribution in [0.5, 0.6) is 5.75 Å². The van der Waals surface area contributed by atoms with Gasteiger partial charge in [0.1, 0.15) is 17.4 Å². The highest BCUT2D eigenvalue weighted by molar-refractivity contribution is 6.31. The van der Waals surface area contributed by atoms with Crippen molar-refractivity contribution < 1.29 is 14.3 Å². The van der Waals surface area contributed by atoms with Crippen LogP contribution in [0.4, 0.5) is 0 Å². The predicted molar refractivity (Wildman–Crippen MR) is 106 cm³/mol. The quantitative estimate of drug-likeness (QED) is 0.586.